The van der Waals surface area contributed by atoms with Crippen molar-refractivity contribution in [2.24, 2.45) is 0 Å². The van der Waals surface area contributed by atoms with Crippen LogP contribution in [0.15, 0.2) is 36.7 Å². The molecule has 1 fully saturated rings. The molecule has 3 heterocycles. The third kappa shape index (κ3) is 3.31. The van der Waals surface area contributed by atoms with Crippen molar-refractivity contribution in [1.82, 2.24) is 14.9 Å². The number of nitrogens with zero attached hydrogens (tertiary/aromatic N) is 4. The number of anilines is 2. The number of nitrogen functional groups attached to an aromatic ring is 1. The average Bonchev–Trinajstić information content (AvgIpc) is 2.51. The van der Waals surface area contributed by atoms with Gasteiger partial charge in [-0.1, -0.05) is 6.07 Å². The molecular formula is C16H21N5. The lowest BCUT2D eigenvalue weighted by Crippen LogP contribution is -2.46. The van der Waals surface area contributed by atoms with Gasteiger partial charge >= 0.3 is 0 Å². The summed E-state index contributed by atoms with van der Waals surface area (Å²) in [6, 6.07) is 8.01. The predicted octanol–water partition coefficient (Wildman–Crippen LogP) is 1.69. The topological polar surface area (TPSA) is 58.3 Å². The van der Waals surface area contributed by atoms with Crippen LogP contribution in [0.2, 0.25) is 0 Å². The van der Waals surface area contributed by atoms with E-state index in [2.05, 4.69) is 32.8 Å². The fourth-order valence-corrected chi connectivity index (χ4v) is 2.62. The number of aryl methyl sites for hydroxylation is 1. The molecule has 0 saturated carbocycles. The zero-order chi connectivity index (χ0) is 14.7. The Morgan fingerprint density at radius 3 is 2.57 bits per heavy atom. The van der Waals surface area contributed by atoms with E-state index in [4.69, 9.17) is 5.73 Å². The van der Waals surface area contributed by atoms with E-state index in [1.54, 1.807) is 6.20 Å². The summed E-state index contributed by atoms with van der Waals surface area (Å²) in [6.45, 7) is 7.09. The zero-order valence-electron chi connectivity index (χ0n) is 12.4. The van der Waals surface area contributed by atoms with E-state index < -0.39 is 0 Å². The van der Waals surface area contributed by atoms with Crippen molar-refractivity contribution in [2.45, 2.75) is 13.5 Å². The first kappa shape index (κ1) is 13.8. The molecule has 21 heavy (non-hydrogen) atoms. The largest absolute Gasteiger partial charge is 0.397 e. The van der Waals surface area contributed by atoms with Crippen LogP contribution >= 0.6 is 0 Å². The average molecular weight is 283 g/mol. The molecule has 1 aliphatic rings. The van der Waals surface area contributed by atoms with Crippen LogP contribution in [0.1, 0.15) is 11.3 Å². The van der Waals surface area contributed by atoms with Gasteiger partial charge in [-0.2, -0.15) is 0 Å². The first-order valence-electron chi connectivity index (χ1n) is 7.32. The number of aromatic nitrogens is 2. The second-order valence-corrected chi connectivity index (χ2v) is 5.48. The summed E-state index contributed by atoms with van der Waals surface area (Å²) in [7, 11) is 0. The highest BCUT2D eigenvalue weighted by molar-refractivity contribution is 5.46. The van der Waals surface area contributed by atoms with E-state index >= 15 is 0 Å². The van der Waals surface area contributed by atoms with Crippen LogP contribution in [0.4, 0.5) is 11.5 Å². The van der Waals surface area contributed by atoms with Crippen LogP contribution in [0, 0.1) is 6.92 Å². The third-order valence-electron chi connectivity index (χ3n) is 3.96. The van der Waals surface area contributed by atoms with E-state index in [0.29, 0.717) is 5.69 Å². The van der Waals surface area contributed by atoms with Gasteiger partial charge in [-0.15, -0.1) is 0 Å². The Bertz CT molecular complexity index is 588. The molecule has 0 aliphatic carbocycles. The molecule has 2 aromatic rings. The summed E-state index contributed by atoms with van der Waals surface area (Å²) >= 11 is 0. The van der Waals surface area contributed by atoms with Crippen LogP contribution < -0.4 is 10.6 Å². The Morgan fingerprint density at radius 1 is 1.10 bits per heavy atom. The molecule has 110 valence electrons. The second kappa shape index (κ2) is 6.10. The van der Waals surface area contributed by atoms with Gasteiger partial charge in [0.15, 0.2) is 0 Å². The summed E-state index contributed by atoms with van der Waals surface area (Å²) in [5, 5.41) is 0. The van der Waals surface area contributed by atoms with Crippen LogP contribution in [0.3, 0.4) is 0 Å². The van der Waals surface area contributed by atoms with Crippen molar-refractivity contribution < 1.29 is 0 Å². The second-order valence-electron chi connectivity index (χ2n) is 5.48. The van der Waals surface area contributed by atoms with E-state index in [1.807, 2.05) is 24.4 Å². The zero-order valence-corrected chi connectivity index (χ0v) is 12.4. The number of nitrogens with two attached hydrogens (primary N) is 1. The number of pyridine rings is 2. The molecule has 0 atom stereocenters. The summed E-state index contributed by atoms with van der Waals surface area (Å²) in [4.78, 5) is 13.6. The lowest BCUT2D eigenvalue weighted by Gasteiger charge is -2.35. The number of rotatable bonds is 3. The molecule has 0 unspecified atom stereocenters. The summed E-state index contributed by atoms with van der Waals surface area (Å²) in [6.07, 6.45) is 3.59. The molecule has 5 nitrogen and oxygen atoms in total. The first-order valence-corrected chi connectivity index (χ1v) is 7.32. The Balaban J connectivity index is 1.58. The van der Waals surface area contributed by atoms with Crippen molar-refractivity contribution in [3.05, 3.63) is 47.9 Å². The van der Waals surface area contributed by atoms with Gasteiger partial charge in [0.05, 0.1) is 17.6 Å². The molecule has 0 amide bonds. The van der Waals surface area contributed by atoms with Crippen LogP contribution in [-0.4, -0.2) is 41.0 Å². The Kier molecular flexibility index (Phi) is 4.01. The van der Waals surface area contributed by atoms with Crippen molar-refractivity contribution in [2.75, 3.05) is 36.8 Å². The monoisotopic (exact) mass is 283 g/mol. The minimum Gasteiger partial charge on any atom is -0.397 e. The SMILES string of the molecule is Cc1cccnc1CN1CCN(c2ccc(N)cn2)CC1. The summed E-state index contributed by atoms with van der Waals surface area (Å²) in [5.74, 6) is 1.01. The molecule has 0 spiro atoms. The molecule has 5 heteroatoms. The standard InChI is InChI=1S/C16H21N5/c1-13-3-2-6-18-15(13)12-20-7-9-21(10-8-20)16-5-4-14(17)11-19-16/h2-6,11H,7-10,12,17H2,1H3. The summed E-state index contributed by atoms with van der Waals surface area (Å²) in [5.41, 5.74) is 8.83. The Morgan fingerprint density at radius 2 is 1.90 bits per heavy atom. The lowest BCUT2D eigenvalue weighted by molar-refractivity contribution is 0.246. The molecular weight excluding hydrogens is 262 g/mol. The molecule has 3 rings (SSSR count). The number of piperazine rings is 1. The molecule has 1 saturated heterocycles. The fourth-order valence-electron chi connectivity index (χ4n) is 2.62. The van der Waals surface area contributed by atoms with Gasteiger partial charge in [-0.25, -0.2) is 4.98 Å². The van der Waals surface area contributed by atoms with Gasteiger partial charge in [0.1, 0.15) is 5.82 Å². The van der Waals surface area contributed by atoms with Gasteiger partial charge in [-0.05, 0) is 30.7 Å². The Hall–Kier alpha value is -2.14. The molecule has 0 bridgehead atoms. The number of hydrogen-bond donors (Lipinski definition) is 1. The quantitative estimate of drug-likeness (QED) is 0.929. The van der Waals surface area contributed by atoms with Gasteiger partial charge in [0.25, 0.3) is 0 Å². The van der Waals surface area contributed by atoms with Gasteiger partial charge in [0.2, 0.25) is 0 Å². The minimum absolute atomic E-state index is 0.711. The van der Waals surface area contributed by atoms with Crippen molar-refractivity contribution in [3.8, 4) is 0 Å². The normalized spacial score (nSPS) is 16.1. The van der Waals surface area contributed by atoms with Crippen molar-refractivity contribution >= 4 is 11.5 Å². The predicted molar refractivity (Wildman–Crippen MR) is 85.1 cm³/mol. The van der Waals surface area contributed by atoms with Gasteiger partial charge in [-0.3, -0.25) is 9.88 Å². The third-order valence-corrected chi connectivity index (χ3v) is 3.96. The van der Waals surface area contributed by atoms with E-state index in [1.165, 1.54) is 11.3 Å². The number of hydrogen-bond acceptors (Lipinski definition) is 5. The fraction of sp³-hybridized carbons (Fsp3) is 0.375. The molecule has 2 aromatic heterocycles. The van der Waals surface area contributed by atoms with Crippen LogP contribution in [0.5, 0.6) is 0 Å². The van der Waals surface area contributed by atoms with Crippen LogP contribution in [0.25, 0.3) is 0 Å². The maximum Gasteiger partial charge on any atom is 0.128 e. The van der Waals surface area contributed by atoms with Gasteiger partial charge in [0, 0.05) is 38.9 Å². The lowest BCUT2D eigenvalue weighted by atomic mass is 10.2. The van der Waals surface area contributed by atoms with Gasteiger partial charge < -0.3 is 10.6 Å². The molecule has 2 N–H and O–H groups in total. The molecule has 1 aliphatic heterocycles. The molecule has 0 radical (unpaired) electrons. The van der Waals surface area contributed by atoms with E-state index in [-0.39, 0.29) is 0 Å². The molecule has 0 aromatic carbocycles. The first-order chi connectivity index (χ1) is 10.2. The maximum absolute atomic E-state index is 5.68. The minimum atomic E-state index is 0.711. The highest BCUT2D eigenvalue weighted by atomic mass is 15.3. The van der Waals surface area contributed by atoms with E-state index in [9.17, 15) is 0 Å². The van der Waals surface area contributed by atoms with Crippen molar-refractivity contribution in [1.29, 1.82) is 0 Å². The van der Waals surface area contributed by atoms with E-state index in [0.717, 1.165) is 38.5 Å². The highest BCUT2D eigenvalue weighted by Crippen LogP contribution is 2.16. The maximum atomic E-state index is 5.68. The highest BCUT2D eigenvalue weighted by Gasteiger charge is 2.18. The van der Waals surface area contributed by atoms with Crippen molar-refractivity contribution in [3.63, 3.8) is 0 Å². The smallest absolute Gasteiger partial charge is 0.128 e. The summed E-state index contributed by atoms with van der Waals surface area (Å²) < 4.78 is 0. The van der Waals surface area contributed by atoms with Crippen LogP contribution in [-0.2, 0) is 6.54 Å². The Labute approximate surface area is 125 Å².